The fourth-order valence-electron chi connectivity index (χ4n) is 11.8. The fourth-order valence-corrected chi connectivity index (χ4v) is 26.6. The summed E-state index contributed by atoms with van der Waals surface area (Å²) in [7, 11) is -37.9. The Bertz CT molecular complexity index is 5610. The summed E-state index contributed by atoms with van der Waals surface area (Å²) in [5.41, 5.74) is -0.694. The number of methoxy groups -OCH3 is 1. The zero-order valence-corrected chi connectivity index (χ0v) is 74.3. The Morgan fingerprint density at radius 2 is 0.833 bits per heavy atom. The van der Waals surface area contributed by atoms with E-state index < -0.39 is 191 Å². The van der Waals surface area contributed by atoms with E-state index in [2.05, 4.69) is 40.6 Å². The normalized spacial score (nSPS) is 31.1. The minimum absolute atomic E-state index is 0.0918. The number of ether oxygens (including phenoxy) is 5. The first kappa shape index (κ1) is 100. The number of nitrogens with zero attached hydrogens (tertiary/aromatic N) is 6. The van der Waals surface area contributed by atoms with Gasteiger partial charge in [-0.25, -0.2) is 27.6 Å². The molecule has 126 heavy (non-hydrogen) atoms. The number of halogens is 4. The largest absolute Gasteiger partial charge is 0.513 e. The van der Waals surface area contributed by atoms with Crippen LogP contribution in [-0.2, 0) is 108 Å². The van der Waals surface area contributed by atoms with Gasteiger partial charge < -0.3 is 93.1 Å². The third kappa shape index (κ3) is 22.4. The molecule has 43 nitrogen and oxygen atoms in total. The summed E-state index contributed by atoms with van der Waals surface area (Å²) in [6.07, 6.45) is 0.0784. The summed E-state index contributed by atoms with van der Waals surface area (Å²) in [6, 6.07) is 25.2. The Balaban J connectivity index is 0.000000176. The zero-order chi connectivity index (χ0) is 92.6. The van der Waals surface area contributed by atoms with Gasteiger partial charge in [-0.2, -0.15) is 0 Å². The molecule has 12 N–H and O–H groups in total. The third-order valence-electron chi connectivity index (χ3n) is 18.5. The van der Waals surface area contributed by atoms with Crippen LogP contribution in [0.5, 0.6) is 23.0 Å². The summed E-state index contributed by atoms with van der Waals surface area (Å²) in [4.78, 5) is 147. The number of likely N-dealkylation sites (tertiary alicyclic amines) is 1. The second kappa shape index (κ2) is 40.2. The van der Waals surface area contributed by atoms with E-state index >= 15 is 0 Å². The van der Waals surface area contributed by atoms with Gasteiger partial charge in [0.25, 0.3) is 20.3 Å². The van der Waals surface area contributed by atoms with Crippen molar-refractivity contribution >= 4 is 101 Å². The Labute approximate surface area is 720 Å². The molecule has 8 unspecified atom stereocenters. The van der Waals surface area contributed by atoms with Crippen LogP contribution in [0.15, 0.2) is 175 Å². The van der Waals surface area contributed by atoms with Gasteiger partial charge >= 0.3 is 85.1 Å². The molecule has 4 aromatic heterocycles. The number of carbonyl (C=O) groups excluding carboxylic acids is 4. The van der Waals surface area contributed by atoms with Crippen LogP contribution >= 0.6 is 76.7 Å². The maximum Gasteiger partial charge on any atom is 0.513 e. The molecule has 0 radical (unpaired) electrons. The molecule has 55 heteroatoms. The van der Waals surface area contributed by atoms with Gasteiger partial charge in [-0.1, -0.05) is 61.5 Å². The molecule has 0 saturated carbocycles. The molecule has 4 aromatic carbocycles. The zero-order valence-electron chi connectivity index (χ0n) is 65.6. The highest BCUT2D eigenvalue weighted by molar-refractivity contribution is 9.10. The van der Waals surface area contributed by atoms with Crippen LogP contribution in [0.2, 0.25) is 0 Å². The minimum atomic E-state index is -5.45. The molecule has 5 aliphatic rings. The average Bonchev–Trinajstić information content (AvgIpc) is 0.732. The molecule has 9 heterocycles. The van der Waals surface area contributed by atoms with Gasteiger partial charge in [0.1, 0.15) is 28.9 Å². The summed E-state index contributed by atoms with van der Waals surface area (Å²) >= 11 is 3.21. The van der Waals surface area contributed by atoms with Crippen LogP contribution in [0.3, 0.4) is 0 Å². The Kier molecular flexibility index (Phi) is 32.0. The number of rotatable bonds is 18. The second-order valence-corrected chi connectivity index (χ2v) is 46.0. The standard InChI is InChI=1S/C20H22F2N2O9P2.C18H20BrNO9P2.C17H19FN2O9P2.C16H17NO10P2/c21-15-9-14(31-19(25)24-7-2-1-3-8-24)10-16(22)17(15)18-32-34(27,28)20(26,35(29,30)33-18)11-13-5-4-6-23-12-13;1-2-4-16(21)27-15-7-6-13(9-14(15)19)17-28-30(23,24)18(22,31(25,26)29-17)10-12-5-3-8-20-11-12;1-20(2)16(21)27-14-6-5-12(8-13(14)18)15-28-30(23,24)17(22,31(25,26)29-15)9-11-4-3-7-19-10-11;1-24-15(18)25-13-7-3-2-6-12(13)14-26-28(20,21)16(19,29(22,23)27-14)9-11-5-4-8-17-10-11/h4-6,9-10,12,18,26H,1-3,7-8,11H2,(H,27,28)(H,29,30);3,5-9,11,17,22H,2,4,10H2,1H3,(H,23,24)(H,25,26);3-8,10,15,22H,9H2,1-2H3,(H,23,24)(H,25,26);2-8,10,14,19H,9H2,1H3,(H,20,21)(H,22,23). The maximum atomic E-state index is 14.8. The lowest BCUT2D eigenvalue weighted by Gasteiger charge is -2.41. The molecule has 2 amide bonds. The lowest BCUT2D eigenvalue weighted by molar-refractivity contribution is -0.134. The molecule has 682 valence electrons. The van der Waals surface area contributed by atoms with E-state index in [-0.39, 0.29) is 56.9 Å². The highest BCUT2D eigenvalue weighted by Gasteiger charge is 2.71. The smallest absolute Gasteiger partial charge is 0.437 e. The second-order valence-electron chi connectivity index (χ2n) is 27.8. The number of aromatic nitrogens is 4. The summed E-state index contributed by atoms with van der Waals surface area (Å²) in [6.45, 7) is 2.70. The summed E-state index contributed by atoms with van der Waals surface area (Å²) < 4.78 is 210. The first-order chi connectivity index (χ1) is 58.9. The van der Waals surface area contributed by atoms with E-state index in [0.717, 1.165) is 49.5 Å². The number of pyridine rings is 4. The van der Waals surface area contributed by atoms with Gasteiger partial charge in [0.15, 0.2) is 11.6 Å². The van der Waals surface area contributed by atoms with Crippen molar-refractivity contribution in [3.8, 4) is 23.0 Å². The van der Waals surface area contributed by atoms with Gasteiger partial charge in [0, 0.05) is 132 Å². The van der Waals surface area contributed by atoms with Crippen LogP contribution in [0.4, 0.5) is 27.6 Å². The number of para-hydroxylation sites is 1. The van der Waals surface area contributed by atoms with Crippen LogP contribution < -0.4 is 18.9 Å². The van der Waals surface area contributed by atoms with E-state index in [4.69, 9.17) is 55.1 Å². The predicted octanol–water partition coefficient (Wildman–Crippen LogP) is 12.6. The summed E-state index contributed by atoms with van der Waals surface area (Å²) in [5, 5.41) is 30.1. The monoisotopic (exact) mass is 1990 g/mol. The van der Waals surface area contributed by atoms with Gasteiger partial charge in [0.2, 0.25) is 25.2 Å². The topological polar surface area (TPSA) is 626 Å². The number of benzene rings is 4. The number of amides is 2. The Morgan fingerprint density at radius 3 is 1.19 bits per heavy atom. The van der Waals surface area contributed by atoms with Crippen molar-refractivity contribution in [2.24, 2.45) is 0 Å². The SMILES string of the molecule is CCCC(=O)Oc1ccc(C2OP(=O)(O)C(O)(Cc3cccnc3)P(=O)(O)O2)cc1Br.CN(C)C(=O)Oc1ccc(C2OP(=O)(O)C(O)(Cc3cccnc3)P(=O)(O)O2)cc1F.COC(=O)Oc1ccccc1C1OP(=O)(O)C(O)(Cc2cccnc2)P(=O)(O)O1.O=C(Oc1cc(F)c(C2OP(=O)(O)C(O)(Cc3cccnc3)P(=O)(O)O2)c(F)c1)N1CCCCC1. The van der Waals surface area contributed by atoms with Gasteiger partial charge in [-0.15, -0.1) is 0 Å². The van der Waals surface area contributed by atoms with Crippen LogP contribution in [0, 0.1) is 17.5 Å². The fraction of sp³-hybridized carbons (Fsp3) is 0.324. The molecule has 13 rings (SSSR count). The molecule has 8 atom stereocenters. The van der Waals surface area contributed by atoms with E-state index in [1.54, 1.807) is 0 Å². The lowest BCUT2D eigenvalue weighted by Crippen LogP contribution is -2.38. The molecule has 5 aliphatic heterocycles. The molecule has 0 aliphatic carbocycles. The van der Waals surface area contributed by atoms with E-state index in [0.29, 0.717) is 36.1 Å². The van der Waals surface area contributed by atoms with Crippen LogP contribution in [-0.4, -0.2) is 168 Å². The third-order valence-corrected chi connectivity index (χ3v) is 37.5. The van der Waals surface area contributed by atoms with Gasteiger partial charge in [-0.3, -0.25) is 97.4 Å². The van der Waals surface area contributed by atoms with Crippen molar-refractivity contribution < 1.29 is 188 Å². The Hall–Kier alpha value is -7.93. The highest BCUT2D eigenvalue weighted by atomic mass is 79.9. The van der Waals surface area contributed by atoms with Crippen molar-refractivity contribution in [2.45, 2.75) is 110 Å². The molecule has 5 saturated heterocycles. The van der Waals surface area contributed by atoms with Crippen molar-refractivity contribution in [1.82, 2.24) is 29.7 Å². The van der Waals surface area contributed by atoms with E-state index in [9.17, 15) is 128 Å². The van der Waals surface area contributed by atoms with Crippen molar-refractivity contribution in [2.75, 3.05) is 34.3 Å². The van der Waals surface area contributed by atoms with E-state index in [1.807, 2.05) is 6.92 Å². The molecular weight excluding hydrogens is 1910 g/mol. The lowest BCUT2D eigenvalue weighted by atomic mass is 10.1. The van der Waals surface area contributed by atoms with Crippen LogP contribution in [0.25, 0.3) is 0 Å². The minimum Gasteiger partial charge on any atom is -0.437 e. The van der Waals surface area contributed by atoms with Gasteiger partial charge in [-0.05, 0) is 118 Å². The number of piperidine rings is 1. The molecule has 0 spiro atoms. The maximum absolute atomic E-state index is 14.8. The Morgan fingerprint density at radius 1 is 0.460 bits per heavy atom. The number of hydrogen-bond acceptors (Lipinski definition) is 33. The van der Waals surface area contributed by atoms with Gasteiger partial charge in [0.05, 0.1) is 22.7 Å². The van der Waals surface area contributed by atoms with Crippen molar-refractivity contribution in [3.05, 3.63) is 237 Å². The van der Waals surface area contributed by atoms with Crippen molar-refractivity contribution in [1.29, 1.82) is 0 Å². The number of hydrogen-bond donors (Lipinski definition) is 12. The van der Waals surface area contributed by atoms with E-state index in [1.165, 1.54) is 160 Å². The molecule has 5 fully saturated rings. The summed E-state index contributed by atoms with van der Waals surface area (Å²) in [5.74, 6) is -5.33. The van der Waals surface area contributed by atoms with Crippen molar-refractivity contribution in [3.63, 3.8) is 0 Å². The number of carbonyl (C=O) groups is 4. The quantitative estimate of drug-likeness (QED) is 0.0164. The molecule has 8 aromatic rings. The average molecular weight is 1990 g/mol. The first-order valence-electron chi connectivity index (χ1n) is 36.4. The van der Waals surface area contributed by atoms with Crippen LogP contribution in [0.1, 0.15) is 109 Å². The number of esters is 1. The number of aliphatic hydroxyl groups is 4. The molecule has 0 bridgehead atoms. The highest BCUT2D eigenvalue weighted by Crippen LogP contribution is 2.83. The first-order valence-corrected chi connectivity index (χ1v) is 49.8. The molecular formula is C71H78BrF3N6O37P8. The predicted molar refractivity (Wildman–Crippen MR) is 428 cm³/mol.